The second kappa shape index (κ2) is 19.5. The number of hydrogen-bond donors (Lipinski definition) is 1. The van der Waals surface area contributed by atoms with Gasteiger partial charge in [0.1, 0.15) is 5.56 Å². The molecule has 0 heterocycles. The molecule has 0 aromatic heterocycles. The fraction of sp³-hybridized carbons (Fsp3) is 0.432. The van der Waals surface area contributed by atoms with Crippen molar-refractivity contribution in [1.82, 2.24) is 5.48 Å². The number of nitrogens with one attached hydrogen (secondary N) is 1. The van der Waals surface area contributed by atoms with E-state index in [0.717, 1.165) is 34.7 Å². The lowest BCUT2D eigenvalue weighted by Crippen LogP contribution is -2.19. The molecule has 3 rings (SSSR count). The lowest BCUT2D eigenvalue weighted by molar-refractivity contribution is 0.0238. The predicted octanol–water partition coefficient (Wildman–Crippen LogP) is 9.54. The first kappa shape index (κ1) is 31.0. The molecule has 3 aromatic carbocycles. The van der Waals surface area contributed by atoms with Gasteiger partial charge in [0.25, 0.3) is 0 Å². The molecule has 0 bridgehead atoms. The summed E-state index contributed by atoms with van der Waals surface area (Å²) in [6, 6.07) is 21.4. The summed E-state index contributed by atoms with van der Waals surface area (Å²) in [6.07, 6.45) is 18.6. The number of carbonyl (C=O) groups is 1. The van der Waals surface area contributed by atoms with Crippen molar-refractivity contribution >= 4 is 16.7 Å². The van der Waals surface area contributed by atoms with Gasteiger partial charge >= 0.3 is 5.97 Å². The Hall–Kier alpha value is -3.53. The maximum atomic E-state index is 12.4. The van der Waals surface area contributed by atoms with Crippen molar-refractivity contribution in [2.45, 2.75) is 103 Å². The SMILES string of the molecule is CCCCCCCCCCCCCCCC#CC#Cc1ccc(C(=[O+])ONCc2cccc3ccccc23)cc1. The summed E-state index contributed by atoms with van der Waals surface area (Å²) in [7, 11) is 0. The van der Waals surface area contributed by atoms with Gasteiger partial charge in [-0.2, -0.15) is 4.84 Å². The van der Waals surface area contributed by atoms with Crippen LogP contribution in [0.25, 0.3) is 10.8 Å². The average molecular weight is 536 g/mol. The van der Waals surface area contributed by atoms with Gasteiger partial charge in [-0.1, -0.05) is 138 Å². The summed E-state index contributed by atoms with van der Waals surface area (Å²) in [5, 5.41) is 2.30. The van der Waals surface area contributed by atoms with E-state index in [4.69, 9.17) is 4.84 Å². The molecular formula is C37H45NO2+. The maximum absolute atomic E-state index is 12.4. The van der Waals surface area contributed by atoms with Gasteiger partial charge in [-0.05, 0) is 64.3 Å². The average Bonchev–Trinajstić information content (AvgIpc) is 2.99. The highest BCUT2D eigenvalue weighted by Crippen LogP contribution is 2.18. The Bertz CT molecular complexity index is 1270. The van der Waals surface area contributed by atoms with Crippen LogP contribution in [-0.2, 0) is 11.4 Å². The first-order valence-corrected chi connectivity index (χ1v) is 15.3. The van der Waals surface area contributed by atoms with Gasteiger partial charge < -0.3 is 0 Å². The molecule has 40 heavy (non-hydrogen) atoms. The highest BCUT2D eigenvalue weighted by atomic mass is 16.7. The summed E-state index contributed by atoms with van der Waals surface area (Å²) in [4.78, 5) is 17.7. The van der Waals surface area contributed by atoms with E-state index in [1.54, 1.807) is 12.1 Å². The molecule has 0 unspecified atom stereocenters. The molecule has 3 heteroatoms. The van der Waals surface area contributed by atoms with Crippen LogP contribution in [0.2, 0.25) is 0 Å². The van der Waals surface area contributed by atoms with Gasteiger partial charge in [0.15, 0.2) is 0 Å². The maximum Gasteiger partial charge on any atom is 0.630 e. The largest absolute Gasteiger partial charge is 0.630 e. The topological polar surface area (TPSA) is 41.2 Å². The van der Waals surface area contributed by atoms with Crippen molar-refractivity contribution in [3.63, 3.8) is 0 Å². The number of carbonyl (C=O) groups excluding carboxylic acids is 1. The molecule has 0 spiro atoms. The van der Waals surface area contributed by atoms with Crippen molar-refractivity contribution in [1.29, 1.82) is 0 Å². The van der Waals surface area contributed by atoms with Gasteiger partial charge in [0, 0.05) is 12.0 Å². The number of unbranched alkanes of at least 4 members (excludes halogenated alkanes) is 13. The Morgan fingerprint density at radius 3 is 2.02 bits per heavy atom. The first-order valence-electron chi connectivity index (χ1n) is 15.3. The van der Waals surface area contributed by atoms with Crippen LogP contribution in [0.3, 0.4) is 0 Å². The fourth-order valence-electron chi connectivity index (χ4n) is 4.82. The molecule has 1 N–H and O–H groups in total. The first-order chi connectivity index (χ1) is 19.8. The Morgan fingerprint density at radius 1 is 0.700 bits per heavy atom. The zero-order chi connectivity index (χ0) is 28.1. The van der Waals surface area contributed by atoms with E-state index in [1.807, 2.05) is 36.4 Å². The number of rotatable bonds is 17. The monoisotopic (exact) mass is 535 g/mol. The van der Waals surface area contributed by atoms with Gasteiger partial charge in [0.2, 0.25) is 0 Å². The second-order valence-electron chi connectivity index (χ2n) is 10.5. The molecule has 0 saturated carbocycles. The fourth-order valence-corrected chi connectivity index (χ4v) is 4.82. The Balaban J connectivity index is 1.24. The van der Waals surface area contributed by atoms with E-state index in [9.17, 15) is 4.79 Å². The molecule has 0 aliphatic heterocycles. The summed E-state index contributed by atoms with van der Waals surface area (Å²) < 4.78 is 0. The van der Waals surface area contributed by atoms with Gasteiger partial charge in [-0.25, -0.2) is 0 Å². The minimum atomic E-state index is -0.419. The van der Waals surface area contributed by atoms with Crippen molar-refractivity contribution < 1.29 is 9.63 Å². The molecule has 0 amide bonds. The number of fused-ring (bicyclic) bond motifs is 1. The molecule has 0 aliphatic carbocycles. The zero-order valence-electron chi connectivity index (χ0n) is 24.3. The zero-order valence-corrected chi connectivity index (χ0v) is 24.3. The molecule has 3 nitrogen and oxygen atoms in total. The molecule has 0 aliphatic rings. The molecule has 1 radical (unpaired) electrons. The van der Waals surface area contributed by atoms with Crippen molar-refractivity contribution in [3.05, 3.63) is 83.4 Å². The molecule has 3 aromatic rings. The summed E-state index contributed by atoms with van der Waals surface area (Å²) >= 11 is 0. The minimum absolute atomic E-state index is 0.419. The van der Waals surface area contributed by atoms with E-state index in [0.29, 0.717) is 12.1 Å². The number of benzene rings is 3. The molecule has 0 fully saturated rings. The third kappa shape index (κ3) is 12.1. The third-order valence-corrected chi connectivity index (χ3v) is 7.19. The number of hydrogen-bond acceptors (Lipinski definition) is 3. The van der Waals surface area contributed by atoms with E-state index in [-0.39, 0.29) is 0 Å². The summed E-state index contributed by atoms with van der Waals surface area (Å²) in [5.41, 5.74) is 5.18. The van der Waals surface area contributed by atoms with Crippen LogP contribution < -0.4 is 5.48 Å². The molecule has 0 saturated heterocycles. The quantitative estimate of drug-likeness (QED) is 0.0810. The van der Waals surface area contributed by atoms with E-state index in [2.05, 4.69) is 54.3 Å². The lowest BCUT2D eigenvalue weighted by Gasteiger charge is -2.04. The smallest absolute Gasteiger partial charge is 0.195 e. The van der Waals surface area contributed by atoms with Crippen LogP contribution in [0.1, 0.15) is 118 Å². The summed E-state index contributed by atoms with van der Waals surface area (Å²) in [5.74, 6) is 11.7. The van der Waals surface area contributed by atoms with Crippen molar-refractivity contribution in [3.8, 4) is 23.7 Å². The third-order valence-electron chi connectivity index (χ3n) is 7.19. The Kier molecular flexibility index (Phi) is 15.1. The van der Waals surface area contributed by atoms with Crippen molar-refractivity contribution in [2.24, 2.45) is 0 Å². The van der Waals surface area contributed by atoms with Crippen LogP contribution in [-0.4, -0.2) is 5.97 Å². The van der Waals surface area contributed by atoms with E-state index in [1.165, 1.54) is 77.0 Å². The Morgan fingerprint density at radius 2 is 1.32 bits per heavy atom. The van der Waals surface area contributed by atoms with Gasteiger partial charge in [0.05, 0.1) is 11.3 Å². The van der Waals surface area contributed by atoms with Gasteiger partial charge in [-0.15, -0.1) is 0 Å². The normalized spacial score (nSPS) is 10.4. The second-order valence-corrected chi connectivity index (χ2v) is 10.5. The number of hydroxylamine groups is 1. The van der Waals surface area contributed by atoms with E-state index < -0.39 is 5.97 Å². The molecule has 0 atom stereocenters. The Labute approximate surface area is 242 Å². The van der Waals surface area contributed by atoms with E-state index >= 15 is 0 Å². The van der Waals surface area contributed by atoms with Crippen molar-refractivity contribution in [2.75, 3.05) is 0 Å². The van der Waals surface area contributed by atoms with Crippen LogP contribution in [0.5, 0.6) is 0 Å². The standard InChI is InChI=1S/C37H45NO2/c1-2-3-4-5-6-7-8-9-10-11-12-13-14-15-16-17-18-22-32-27-29-34(30-28-32)37(39)40-38-31-35-25-21-24-33-23-19-20-26-36(33)35/h19-21,23-30,38H,2-15,31H2,1H3/q+1. The highest BCUT2D eigenvalue weighted by Gasteiger charge is 2.21. The molecular weight excluding hydrogens is 490 g/mol. The predicted molar refractivity (Wildman–Crippen MR) is 168 cm³/mol. The summed E-state index contributed by atoms with van der Waals surface area (Å²) in [6.45, 7) is 2.72. The van der Waals surface area contributed by atoms with Crippen LogP contribution >= 0.6 is 0 Å². The van der Waals surface area contributed by atoms with Crippen LogP contribution in [0.15, 0.2) is 66.7 Å². The minimum Gasteiger partial charge on any atom is -0.195 e. The van der Waals surface area contributed by atoms with Crippen LogP contribution in [0, 0.1) is 23.7 Å². The van der Waals surface area contributed by atoms with Gasteiger partial charge in [-0.3, -0.25) is 0 Å². The van der Waals surface area contributed by atoms with Crippen LogP contribution in [0.4, 0.5) is 0 Å². The lowest BCUT2D eigenvalue weighted by atomic mass is 10.0. The highest BCUT2D eigenvalue weighted by molar-refractivity contribution is 5.89. The molecule has 209 valence electrons.